The molecule has 3 aromatic rings. The van der Waals surface area contributed by atoms with E-state index >= 15 is 0 Å². The first kappa shape index (κ1) is 19.7. The number of carbonyl (C=O) groups is 1. The predicted octanol–water partition coefficient (Wildman–Crippen LogP) is 6.29. The van der Waals surface area contributed by atoms with Gasteiger partial charge in [-0.05, 0) is 53.1 Å². The van der Waals surface area contributed by atoms with Gasteiger partial charge in [0.2, 0.25) is 0 Å². The van der Waals surface area contributed by atoms with Gasteiger partial charge in [-0.2, -0.15) is 0 Å². The maximum Gasteiger partial charge on any atom is 0.290 e. The summed E-state index contributed by atoms with van der Waals surface area (Å²) in [4.78, 5) is 14.6. The van der Waals surface area contributed by atoms with Gasteiger partial charge >= 0.3 is 0 Å². The Hall–Kier alpha value is -2.63. The Morgan fingerprint density at radius 3 is 2.21 bits per heavy atom. The summed E-state index contributed by atoms with van der Waals surface area (Å²) in [7, 11) is 0. The van der Waals surface area contributed by atoms with E-state index in [1.54, 1.807) is 41.3 Å². The van der Waals surface area contributed by atoms with Crippen molar-refractivity contribution >= 4 is 39.0 Å². The van der Waals surface area contributed by atoms with Crippen molar-refractivity contribution in [3.8, 4) is 0 Å². The zero-order valence-corrected chi connectivity index (χ0v) is 17.5. The smallest absolute Gasteiger partial charge is 0.290 e. The first-order chi connectivity index (χ1) is 13.9. The van der Waals surface area contributed by atoms with Crippen molar-refractivity contribution in [3.05, 3.63) is 111 Å². The van der Waals surface area contributed by atoms with E-state index in [-0.39, 0.29) is 18.1 Å². The molecule has 1 amide bonds. The van der Waals surface area contributed by atoms with E-state index in [1.165, 1.54) is 12.1 Å². The average molecular weight is 473 g/mol. The highest BCUT2D eigenvalue weighted by Crippen LogP contribution is 2.44. The largest absolute Gasteiger partial charge is 0.503 e. The molecule has 0 saturated heterocycles. The Morgan fingerprint density at radius 1 is 0.966 bits per heavy atom. The van der Waals surface area contributed by atoms with Gasteiger partial charge in [-0.1, -0.05) is 63.9 Å². The molecule has 3 nitrogen and oxygen atoms in total. The van der Waals surface area contributed by atoms with Crippen LogP contribution in [-0.4, -0.2) is 15.9 Å². The lowest BCUT2D eigenvalue weighted by molar-refractivity contribution is -0.130. The molecule has 0 bridgehead atoms. The maximum absolute atomic E-state index is 13.3. The molecule has 0 unspecified atom stereocenters. The van der Waals surface area contributed by atoms with Gasteiger partial charge in [-0.25, -0.2) is 4.39 Å². The second-order valence-corrected chi connectivity index (χ2v) is 8.13. The molecular weight excluding hydrogens is 457 g/mol. The van der Waals surface area contributed by atoms with Crippen LogP contribution in [0.4, 0.5) is 4.39 Å². The van der Waals surface area contributed by atoms with Crippen LogP contribution < -0.4 is 0 Å². The lowest BCUT2D eigenvalue weighted by Crippen LogP contribution is -2.29. The van der Waals surface area contributed by atoms with Crippen LogP contribution >= 0.6 is 27.5 Å². The number of benzene rings is 3. The molecule has 0 aliphatic carbocycles. The topological polar surface area (TPSA) is 40.5 Å². The Bertz CT molecular complexity index is 1080. The Balaban J connectivity index is 1.80. The molecule has 1 heterocycles. The Morgan fingerprint density at radius 2 is 1.59 bits per heavy atom. The summed E-state index contributed by atoms with van der Waals surface area (Å²) in [5, 5.41) is 11.3. The predicted molar refractivity (Wildman–Crippen MR) is 115 cm³/mol. The first-order valence-corrected chi connectivity index (χ1v) is 10.1. The summed E-state index contributed by atoms with van der Waals surface area (Å²) in [6.45, 7) is 0.237. The van der Waals surface area contributed by atoms with E-state index < -0.39 is 11.9 Å². The zero-order valence-electron chi connectivity index (χ0n) is 15.1. The molecule has 0 fully saturated rings. The maximum atomic E-state index is 13.3. The number of hydrogen-bond donors (Lipinski definition) is 1. The molecule has 6 heteroatoms. The second-order valence-electron chi connectivity index (χ2n) is 6.78. The molecule has 1 N–H and O–H groups in total. The SMILES string of the molecule is O=C1C(O)=C(c2ccc(Cl)cc2)[C@@H](c2ccc(Br)cc2)N1Cc1ccc(F)cc1. The fourth-order valence-electron chi connectivity index (χ4n) is 3.52. The number of halogens is 3. The first-order valence-electron chi connectivity index (χ1n) is 8.94. The Kier molecular flexibility index (Phi) is 5.43. The van der Waals surface area contributed by atoms with Crippen molar-refractivity contribution in [2.24, 2.45) is 0 Å². The summed E-state index contributed by atoms with van der Waals surface area (Å²) in [6.07, 6.45) is 0. The third-order valence-electron chi connectivity index (χ3n) is 4.91. The highest BCUT2D eigenvalue weighted by atomic mass is 79.9. The van der Waals surface area contributed by atoms with Gasteiger partial charge in [-0.3, -0.25) is 4.79 Å². The van der Waals surface area contributed by atoms with Gasteiger partial charge in [0.05, 0.1) is 6.04 Å². The van der Waals surface area contributed by atoms with Crippen LogP contribution in [0.3, 0.4) is 0 Å². The van der Waals surface area contributed by atoms with Crippen molar-refractivity contribution < 1.29 is 14.3 Å². The van der Waals surface area contributed by atoms with E-state index in [1.807, 2.05) is 24.3 Å². The minimum Gasteiger partial charge on any atom is -0.503 e. The molecule has 1 aliphatic rings. The van der Waals surface area contributed by atoms with Gasteiger partial charge in [0, 0.05) is 21.6 Å². The number of carbonyl (C=O) groups excluding carboxylic acids is 1. The van der Waals surface area contributed by atoms with Crippen molar-refractivity contribution in [2.45, 2.75) is 12.6 Å². The third-order valence-corrected chi connectivity index (χ3v) is 5.69. The van der Waals surface area contributed by atoms with Gasteiger partial charge in [0.25, 0.3) is 5.91 Å². The van der Waals surface area contributed by atoms with E-state index in [0.717, 1.165) is 21.2 Å². The van der Waals surface area contributed by atoms with Crippen molar-refractivity contribution in [3.63, 3.8) is 0 Å². The number of nitrogens with zero attached hydrogens (tertiary/aromatic N) is 1. The van der Waals surface area contributed by atoms with Crippen molar-refractivity contribution in [1.82, 2.24) is 4.90 Å². The van der Waals surface area contributed by atoms with Crippen molar-refractivity contribution in [1.29, 1.82) is 0 Å². The monoisotopic (exact) mass is 471 g/mol. The van der Waals surface area contributed by atoms with Gasteiger partial charge < -0.3 is 10.0 Å². The van der Waals surface area contributed by atoms with Gasteiger partial charge in [-0.15, -0.1) is 0 Å². The fraction of sp³-hybridized carbons (Fsp3) is 0.0870. The van der Waals surface area contributed by atoms with E-state index in [2.05, 4.69) is 15.9 Å². The minimum atomic E-state index is -0.484. The lowest BCUT2D eigenvalue weighted by Gasteiger charge is -2.27. The number of aliphatic hydroxyl groups excluding tert-OH is 1. The molecule has 4 rings (SSSR count). The second kappa shape index (κ2) is 8.01. The van der Waals surface area contributed by atoms with Crippen LogP contribution in [0.15, 0.2) is 83.0 Å². The number of rotatable bonds is 4. The average Bonchev–Trinajstić information content (AvgIpc) is 2.96. The van der Waals surface area contributed by atoms with Gasteiger partial charge in [0.15, 0.2) is 5.76 Å². The number of aliphatic hydroxyl groups is 1. The molecule has 0 aromatic heterocycles. The van der Waals surface area contributed by atoms with Crippen LogP contribution in [0.25, 0.3) is 5.57 Å². The van der Waals surface area contributed by atoms with E-state index in [9.17, 15) is 14.3 Å². The molecular formula is C23H16BrClFNO2. The normalized spacial score (nSPS) is 16.6. The summed E-state index contributed by atoms with van der Waals surface area (Å²) in [6, 6.07) is 20.1. The standard InChI is InChI=1S/C23H16BrClFNO2/c24-17-7-3-16(4-8-17)21-20(15-5-9-18(25)10-6-15)22(28)23(29)27(21)13-14-1-11-19(26)12-2-14/h1-12,21,28H,13H2/t21-/m1/s1. The summed E-state index contributed by atoms with van der Waals surface area (Å²) in [5.74, 6) is -1.09. The van der Waals surface area contributed by atoms with Crippen LogP contribution in [0.2, 0.25) is 5.02 Å². The molecule has 146 valence electrons. The zero-order chi connectivity index (χ0) is 20.5. The highest BCUT2D eigenvalue weighted by molar-refractivity contribution is 9.10. The highest BCUT2D eigenvalue weighted by Gasteiger charge is 2.40. The summed E-state index contributed by atoms with van der Waals surface area (Å²) in [5.41, 5.74) is 2.87. The van der Waals surface area contributed by atoms with E-state index in [4.69, 9.17) is 11.6 Å². The van der Waals surface area contributed by atoms with Gasteiger partial charge in [0.1, 0.15) is 5.82 Å². The van der Waals surface area contributed by atoms with Crippen LogP contribution in [0.5, 0.6) is 0 Å². The van der Waals surface area contributed by atoms with Crippen LogP contribution in [0.1, 0.15) is 22.7 Å². The molecule has 29 heavy (non-hydrogen) atoms. The fourth-order valence-corrected chi connectivity index (χ4v) is 3.91. The number of hydrogen-bond acceptors (Lipinski definition) is 2. The molecule has 1 atom stereocenters. The molecule has 0 saturated carbocycles. The van der Waals surface area contributed by atoms with Crippen molar-refractivity contribution in [2.75, 3.05) is 0 Å². The van der Waals surface area contributed by atoms with Crippen LogP contribution in [0, 0.1) is 5.82 Å². The summed E-state index contributed by atoms with van der Waals surface area (Å²) < 4.78 is 14.2. The Labute approximate surface area is 181 Å². The molecule has 1 aliphatic heterocycles. The minimum absolute atomic E-state index is 0.237. The molecule has 0 radical (unpaired) electrons. The van der Waals surface area contributed by atoms with Crippen LogP contribution in [-0.2, 0) is 11.3 Å². The molecule has 0 spiro atoms. The van der Waals surface area contributed by atoms with E-state index in [0.29, 0.717) is 10.6 Å². The molecule has 3 aromatic carbocycles. The number of amides is 1. The lowest BCUT2D eigenvalue weighted by atomic mass is 9.93. The quantitative estimate of drug-likeness (QED) is 0.484. The summed E-state index contributed by atoms with van der Waals surface area (Å²) >= 11 is 9.44. The third kappa shape index (κ3) is 3.93.